The minimum Gasteiger partial charge on any atom is -0.383 e. The summed E-state index contributed by atoms with van der Waals surface area (Å²) in [6.45, 7) is 6.57. The molecule has 1 fully saturated rings. The van der Waals surface area contributed by atoms with Crippen LogP contribution in [0.3, 0.4) is 0 Å². The number of hydrogen-bond donors (Lipinski definition) is 1. The highest BCUT2D eigenvalue weighted by Gasteiger charge is 2.40. The summed E-state index contributed by atoms with van der Waals surface area (Å²) in [6.07, 6.45) is 0.948. The van der Waals surface area contributed by atoms with Crippen LogP contribution in [-0.2, 0) is 14.3 Å². The fourth-order valence-corrected chi connectivity index (χ4v) is 2.06. The van der Waals surface area contributed by atoms with E-state index in [1.807, 2.05) is 13.8 Å². The van der Waals surface area contributed by atoms with Crippen molar-refractivity contribution >= 4 is 11.8 Å². The van der Waals surface area contributed by atoms with Crippen molar-refractivity contribution < 1.29 is 14.3 Å². The van der Waals surface area contributed by atoms with Crippen LogP contribution in [0, 0.1) is 0 Å². The third kappa shape index (κ3) is 2.97. The quantitative estimate of drug-likeness (QED) is 0.782. The summed E-state index contributed by atoms with van der Waals surface area (Å²) in [5.74, 6) is -0.0785. The maximum Gasteiger partial charge on any atom is 0.248 e. The molecule has 0 radical (unpaired) electrons. The van der Waals surface area contributed by atoms with E-state index in [-0.39, 0.29) is 17.9 Å². The zero-order valence-corrected chi connectivity index (χ0v) is 11.1. The maximum atomic E-state index is 12.4. The Morgan fingerprint density at radius 1 is 1.53 bits per heavy atom. The van der Waals surface area contributed by atoms with Gasteiger partial charge in [-0.3, -0.25) is 9.59 Å². The minimum atomic E-state index is -0.782. The van der Waals surface area contributed by atoms with Gasteiger partial charge >= 0.3 is 0 Å². The number of hydrogen-bond acceptors (Lipinski definition) is 3. The third-order valence-electron chi connectivity index (χ3n) is 3.37. The Morgan fingerprint density at radius 3 is 2.71 bits per heavy atom. The molecule has 1 N–H and O–H groups in total. The molecule has 0 aliphatic carbocycles. The summed E-state index contributed by atoms with van der Waals surface area (Å²) < 4.78 is 5.08. The van der Waals surface area contributed by atoms with E-state index in [9.17, 15) is 9.59 Å². The summed E-state index contributed by atoms with van der Waals surface area (Å²) in [7, 11) is 1.61. The van der Waals surface area contributed by atoms with Crippen LogP contribution in [0.15, 0.2) is 0 Å². The second-order valence-electron chi connectivity index (χ2n) is 4.79. The van der Waals surface area contributed by atoms with E-state index in [4.69, 9.17) is 4.74 Å². The van der Waals surface area contributed by atoms with E-state index in [1.165, 1.54) is 0 Å². The van der Waals surface area contributed by atoms with Crippen LogP contribution < -0.4 is 5.32 Å². The van der Waals surface area contributed by atoms with Crippen LogP contribution in [-0.4, -0.2) is 48.6 Å². The molecule has 0 bridgehead atoms. The van der Waals surface area contributed by atoms with Gasteiger partial charge in [-0.05, 0) is 20.3 Å². The summed E-state index contributed by atoms with van der Waals surface area (Å²) >= 11 is 0. The summed E-state index contributed by atoms with van der Waals surface area (Å²) in [4.78, 5) is 25.8. The summed E-state index contributed by atoms with van der Waals surface area (Å²) in [6, 6.07) is -0.00826. The third-order valence-corrected chi connectivity index (χ3v) is 3.37. The van der Waals surface area contributed by atoms with E-state index in [0.29, 0.717) is 26.0 Å². The highest BCUT2D eigenvalue weighted by atomic mass is 16.5. The number of ether oxygens (including phenoxy) is 1. The Kier molecular flexibility index (Phi) is 4.51. The van der Waals surface area contributed by atoms with Gasteiger partial charge in [-0.1, -0.05) is 6.92 Å². The maximum absolute atomic E-state index is 12.4. The van der Waals surface area contributed by atoms with Crippen molar-refractivity contribution in [2.75, 3.05) is 20.3 Å². The second-order valence-corrected chi connectivity index (χ2v) is 4.79. The summed E-state index contributed by atoms with van der Waals surface area (Å²) in [5, 5.41) is 2.81. The number of nitrogens with zero attached hydrogens (tertiary/aromatic N) is 1. The first kappa shape index (κ1) is 14.0. The van der Waals surface area contributed by atoms with Crippen LogP contribution in [0.1, 0.15) is 33.6 Å². The topological polar surface area (TPSA) is 58.6 Å². The molecule has 0 aromatic carbocycles. The average Bonchev–Trinajstić information content (AvgIpc) is 2.39. The predicted molar refractivity (Wildman–Crippen MR) is 64.5 cm³/mol. The van der Waals surface area contributed by atoms with Crippen molar-refractivity contribution in [1.82, 2.24) is 10.2 Å². The molecule has 17 heavy (non-hydrogen) atoms. The van der Waals surface area contributed by atoms with Crippen molar-refractivity contribution in [3.05, 3.63) is 0 Å². The van der Waals surface area contributed by atoms with Gasteiger partial charge in [0.1, 0.15) is 5.54 Å². The first-order valence-corrected chi connectivity index (χ1v) is 6.05. The Labute approximate surface area is 102 Å². The molecule has 1 aliphatic rings. The molecule has 1 aliphatic heterocycles. The Bertz CT molecular complexity index is 306. The molecule has 0 aromatic heterocycles. The normalized spacial score (nSPS) is 27.6. The molecule has 5 heteroatoms. The Morgan fingerprint density at radius 2 is 2.18 bits per heavy atom. The molecular weight excluding hydrogens is 220 g/mol. The van der Waals surface area contributed by atoms with Gasteiger partial charge in [0.2, 0.25) is 11.8 Å². The molecule has 1 saturated heterocycles. The largest absolute Gasteiger partial charge is 0.383 e. The zero-order chi connectivity index (χ0) is 13.1. The molecule has 1 heterocycles. The number of methoxy groups -OCH3 is 1. The number of nitrogens with one attached hydrogen (secondary N) is 1. The number of rotatable bonds is 4. The minimum absolute atomic E-state index is 0.00826. The first-order chi connectivity index (χ1) is 7.94. The van der Waals surface area contributed by atoms with Crippen LogP contribution in [0.25, 0.3) is 0 Å². The second kappa shape index (κ2) is 5.49. The van der Waals surface area contributed by atoms with Gasteiger partial charge in [-0.2, -0.15) is 0 Å². The highest BCUT2D eigenvalue weighted by molar-refractivity contribution is 5.93. The van der Waals surface area contributed by atoms with Crippen molar-refractivity contribution in [1.29, 1.82) is 0 Å². The van der Waals surface area contributed by atoms with Gasteiger partial charge in [0.25, 0.3) is 0 Å². The van der Waals surface area contributed by atoms with Crippen LogP contribution in [0.2, 0.25) is 0 Å². The molecular formula is C12H22N2O3. The first-order valence-electron chi connectivity index (χ1n) is 6.05. The van der Waals surface area contributed by atoms with Gasteiger partial charge in [0.05, 0.1) is 12.6 Å². The fourth-order valence-electron chi connectivity index (χ4n) is 2.06. The van der Waals surface area contributed by atoms with Crippen molar-refractivity contribution in [3.8, 4) is 0 Å². The van der Waals surface area contributed by atoms with Gasteiger partial charge in [0, 0.05) is 20.1 Å². The molecule has 98 valence electrons. The average molecular weight is 242 g/mol. The van der Waals surface area contributed by atoms with E-state index in [1.54, 1.807) is 18.9 Å². The lowest BCUT2D eigenvalue weighted by molar-refractivity contribution is -0.140. The van der Waals surface area contributed by atoms with Gasteiger partial charge in [-0.25, -0.2) is 0 Å². The molecule has 2 unspecified atom stereocenters. The lowest BCUT2D eigenvalue weighted by Crippen LogP contribution is -2.56. The fraction of sp³-hybridized carbons (Fsp3) is 0.833. The molecule has 0 saturated carbocycles. The van der Waals surface area contributed by atoms with E-state index in [2.05, 4.69) is 5.32 Å². The van der Waals surface area contributed by atoms with Gasteiger partial charge in [-0.15, -0.1) is 0 Å². The van der Waals surface area contributed by atoms with E-state index >= 15 is 0 Å². The molecule has 1 rings (SSSR count). The SMILES string of the molecule is CCC1(C)NC(=O)CCN(C(C)COC)C1=O. The van der Waals surface area contributed by atoms with Crippen molar-refractivity contribution in [2.24, 2.45) is 0 Å². The van der Waals surface area contributed by atoms with Crippen molar-refractivity contribution in [2.45, 2.75) is 45.2 Å². The van der Waals surface area contributed by atoms with E-state index in [0.717, 1.165) is 0 Å². The monoisotopic (exact) mass is 242 g/mol. The molecule has 0 aromatic rings. The van der Waals surface area contributed by atoms with Crippen molar-refractivity contribution in [3.63, 3.8) is 0 Å². The molecule has 2 amide bonds. The standard InChI is InChI=1S/C12H22N2O3/c1-5-12(3)11(16)14(9(2)8-17-4)7-6-10(15)13-12/h9H,5-8H2,1-4H3,(H,13,15). The highest BCUT2D eigenvalue weighted by Crippen LogP contribution is 2.19. The number of carbonyl (C=O) groups excluding carboxylic acids is 2. The zero-order valence-electron chi connectivity index (χ0n) is 11.1. The van der Waals surface area contributed by atoms with Gasteiger partial charge < -0.3 is 15.0 Å². The molecule has 0 spiro atoms. The number of amides is 2. The van der Waals surface area contributed by atoms with Gasteiger partial charge in [0.15, 0.2) is 0 Å². The lowest BCUT2D eigenvalue weighted by Gasteiger charge is -2.34. The smallest absolute Gasteiger partial charge is 0.248 e. The predicted octanol–water partition coefficient (Wildman–Crippen LogP) is 0.539. The Balaban J connectivity index is 2.91. The molecule has 5 nitrogen and oxygen atoms in total. The summed E-state index contributed by atoms with van der Waals surface area (Å²) in [5.41, 5.74) is -0.782. The van der Waals surface area contributed by atoms with Crippen LogP contribution in [0.4, 0.5) is 0 Å². The van der Waals surface area contributed by atoms with Crippen LogP contribution in [0.5, 0.6) is 0 Å². The molecule has 2 atom stereocenters. The van der Waals surface area contributed by atoms with E-state index < -0.39 is 5.54 Å². The Hall–Kier alpha value is -1.10. The number of carbonyl (C=O) groups is 2. The van der Waals surface area contributed by atoms with Crippen LogP contribution >= 0.6 is 0 Å². The lowest BCUT2D eigenvalue weighted by atomic mass is 9.96.